The summed E-state index contributed by atoms with van der Waals surface area (Å²) in [6.07, 6.45) is 5.24. The van der Waals surface area contributed by atoms with Crippen LogP contribution >= 0.6 is 0 Å². The van der Waals surface area contributed by atoms with E-state index < -0.39 is 0 Å². The minimum Gasteiger partial charge on any atom is -0.579 e. The second-order valence-corrected chi connectivity index (χ2v) is 14.1. The average molecular weight is 1160 g/mol. The van der Waals surface area contributed by atoms with Gasteiger partial charge in [0.15, 0.2) is 0 Å². The Morgan fingerprint density at radius 3 is 1.79 bits per heavy atom. The molecular formula is C48H43N11Pt2-6. The molecule has 3 N–H and O–H groups in total. The molecule has 0 radical (unpaired) electrons. The largest absolute Gasteiger partial charge is 0.579 e. The Kier molecular flexibility index (Phi) is 15.8. The fraction of sp³-hybridized carbons (Fsp3) is 0.125. The first-order chi connectivity index (χ1) is 29.0. The van der Waals surface area contributed by atoms with Crippen molar-refractivity contribution < 1.29 is 42.1 Å². The molecule has 8 aromatic rings. The summed E-state index contributed by atoms with van der Waals surface area (Å²) in [5.41, 5.74) is 18.5. The topological polar surface area (TPSA) is 128 Å². The fourth-order valence-corrected chi connectivity index (χ4v) is 6.88. The molecule has 13 heteroatoms. The Morgan fingerprint density at radius 2 is 1.20 bits per heavy atom. The van der Waals surface area contributed by atoms with Crippen LogP contribution in [0.15, 0.2) is 146 Å². The number of pyridine rings is 2. The maximum Gasteiger partial charge on any atom is 0.124 e. The van der Waals surface area contributed by atoms with Crippen molar-refractivity contribution in [2.24, 2.45) is 5.73 Å². The van der Waals surface area contributed by atoms with E-state index in [2.05, 4.69) is 107 Å². The van der Waals surface area contributed by atoms with Gasteiger partial charge in [-0.05, 0) is 46.5 Å². The van der Waals surface area contributed by atoms with E-state index in [1.54, 1.807) is 6.20 Å². The number of fused-ring (bicyclic) bond motifs is 2. The molecule has 6 heterocycles. The zero-order chi connectivity index (χ0) is 40.4. The maximum absolute atomic E-state index is 5.59. The normalized spacial score (nSPS) is 12.1. The SMILES string of the molecule is Cc1cc(Cc2cccc(CN)c2)n[n-]1.Cc1cc(Cc2cccc(CN3[CH-]N(c4[c-]cccc4)c4ncccc43)c2)n[n-]1.[Pt].[Pt].[c-]1ccccc1N1[CH-]Nc2cccnc21. The third kappa shape index (κ3) is 11.5. The van der Waals surface area contributed by atoms with E-state index in [1.165, 1.54) is 16.7 Å². The number of nitrogens with one attached hydrogen (secondary N) is 1. The smallest absolute Gasteiger partial charge is 0.124 e. The monoisotopic (exact) mass is 1160 g/mol. The number of rotatable bonds is 9. The summed E-state index contributed by atoms with van der Waals surface area (Å²) < 4.78 is 0. The molecule has 0 amide bonds. The van der Waals surface area contributed by atoms with Crippen LogP contribution in [0.25, 0.3) is 0 Å². The van der Waals surface area contributed by atoms with Gasteiger partial charge < -0.3 is 46.1 Å². The molecule has 10 rings (SSSR count). The second-order valence-electron chi connectivity index (χ2n) is 14.1. The molecule has 0 bridgehead atoms. The molecule has 11 nitrogen and oxygen atoms in total. The predicted molar refractivity (Wildman–Crippen MR) is 233 cm³/mol. The minimum absolute atomic E-state index is 0. The molecule has 4 aromatic heterocycles. The quantitative estimate of drug-likeness (QED) is 0.136. The zero-order valence-corrected chi connectivity index (χ0v) is 38.1. The predicted octanol–water partition coefficient (Wildman–Crippen LogP) is 8.37. The van der Waals surface area contributed by atoms with Crippen LogP contribution in [0.5, 0.6) is 0 Å². The van der Waals surface area contributed by atoms with Crippen LogP contribution in [0.4, 0.5) is 34.4 Å². The summed E-state index contributed by atoms with van der Waals surface area (Å²) in [6, 6.07) is 51.2. The van der Waals surface area contributed by atoms with Crippen LogP contribution in [0.1, 0.15) is 45.0 Å². The molecule has 0 saturated heterocycles. The van der Waals surface area contributed by atoms with Gasteiger partial charge in [-0.15, -0.1) is 29.4 Å². The molecular weight excluding hydrogens is 1120 g/mol. The number of nitrogens with two attached hydrogens (primary N) is 1. The summed E-state index contributed by atoms with van der Waals surface area (Å²) in [7, 11) is 0. The molecule has 0 atom stereocenters. The number of aromatic nitrogens is 6. The molecule has 4 aromatic carbocycles. The first kappa shape index (κ1) is 44.7. The number of hydrogen-bond acceptors (Lipinski definition) is 9. The van der Waals surface area contributed by atoms with Gasteiger partial charge in [0.1, 0.15) is 11.6 Å². The Morgan fingerprint density at radius 1 is 0.623 bits per heavy atom. The van der Waals surface area contributed by atoms with Gasteiger partial charge in [-0.1, -0.05) is 74.5 Å². The Balaban J connectivity index is 0.000000165. The van der Waals surface area contributed by atoms with Crippen LogP contribution in [-0.4, -0.2) is 20.2 Å². The van der Waals surface area contributed by atoms with Crippen LogP contribution in [0, 0.1) is 39.3 Å². The van der Waals surface area contributed by atoms with Crippen LogP contribution in [0.2, 0.25) is 0 Å². The molecule has 0 spiro atoms. The van der Waals surface area contributed by atoms with E-state index in [9.17, 15) is 0 Å². The number of hydrogen-bond donors (Lipinski definition) is 2. The summed E-state index contributed by atoms with van der Waals surface area (Å²) in [6.45, 7) is 9.26. The average Bonchev–Trinajstić information content (AvgIpc) is 4.09. The number of para-hydroxylation sites is 2. The molecule has 0 fully saturated rings. The number of anilines is 6. The van der Waals surface area contributed by atoms with E-state index in [-0.39, 0.29) is 42.1 Å². The van der Waals surface area contributed by atoms with Gasteiger partial charge in [-0.2, -0.15) is 67.3 Å². The van der Waals surface area contributed by atoms with Gasteiger partial charge in [0, 0.05) is 103 Å². The van der Waals surface area contributed by atoms with Gasteiger partial charge in [-0.3, -0.25) is 0 Å². The summed E-state index contributed by atoms with van der Waals surface area (Å²) >= 11 is 0. The van der Waals surface area contributed by atoms with E-state index in [0.717, 1.165) is 82.1 Å². The maximum atomic E-state index is 5.59. The van der Waals surface area contributed by atoms with Crippen molar-refractivity contribution in [1.29, 1.82) is 0 Å². The van der Waals surface area contributed by atoms with Crippen LogP contribution in [0.3, 0.4) is 0 Å². The minimum atomic E-state index is 0. The van der Waals surface area contributed by atoms with Crippen molar-refractivity contribution in [3.05, 3.63) is 216 Å². The number of aryl methyl sites for hydroxylation is 2. The van der Waals surface area contributed by atoms with Gasteiger partial charge in [0.2, 0.25) is 0 Å². The van der Waals surface area contributed by atoms with Gasteiger partial charge in [0.05, 0.1) is 0 Å². The van der Waals surface area contributed by atoms with Crippen molar-refractivity contribution in [2.45, 2.75) is 39.8 Å². The Bertz CT molecular complexity index is 2580. The van der Waals surface area contributed by atoms with Crippen molar-refractivity contribution in [2.75, 3.05) is 20.0 Å². The summed E-state index contributed by atoms with van der Waals surface area (Å²) in [4.78, 5) is 15.2. The van der Waals surface area contributed by atoms with Crippen molar-refractivity contribution in [3.63, 3.8) is 0 Å². The van der Waals surface area contributed by atoms with Crippen LogP contribution in [-0.2, 0) is 68.1 Å². The van der Waals surface area contributed by atoms with E-state index in [4.69, 9.17) is 5.73 Å². The molecule has 0 unspecified atom stereocenters. The Hall–Kier alpha value is -5.86. The first-order valence-corrected chi connectivity index (χ1v) is 19.4. The zero-order valence-electron chi connectivity index (χ0n) is 33.6. The molecule has 61 heavy (non-hydrogen) atoms. The van der Waals surface area contributed by atoms with Crippen molar-refractivity contribution in [3.8, 4) is 0 Å². The third-order valence-electron chi connectivity index (χ3n) is 9.59. The molecule has 316 valence electrons. The molecule has 0 aliphatic carbocycles. The van der Waals surface area contributed by atoms with E-state index in [0.29, 0.717) is 6.54 Å². The van der Waals surface area contributed by atoms with Crippen molar-refractivity contribution in [1.82, 2.24) is 30.4 Å². The van der Waals surface area contributed by atoms with Crippen LogP contribution < -0.4 is 35.9 Å². The Labute approximate surface area is 386 Å². The van der Waals surface area contributed by atoms with E-state index in [1.807, 2.05) is 123 Å². The summed E-state index contributed by atoms with van der Waals surface area (Å²) in [5, 5.41) is 19.6. The molecule has 2 aliphatic rings. The first-order valence-electron chi connectivity index (χ1n) is 19.4. The van der Waals surface area contributed by atoms with Gasteiger partial charge in [-0.25, -0.2) is 9.97 Å². The summed E-state index contributed by atoms with van der Waals surface area (Å²) in [5.74, 6) is 1.84. The third-order valence-corrected chi connectivity index (χ3v) is 9.59. The van der Waals surface area contributed by atoms with E-state index >= 15 is 0 Å². The second kappa shape index (κ2) is 21.6. The molecule has 2 aliphatic heterocycles. The number of nitrogens with zero attached hydrogens (tertiary/aromatic N) is 9. The number of benzene rings is 4. The standard InChI is InChI=1S/C24H20N5.C12H9N3.C12H14N3.2Pt/c1-18-13-21(27-26-18)15-19-7-5-8-20(14-19)16-28-17-29(22-9-3-2-4-10-22)24-23(28)11-6-12-25-24;1-2-5-10(6-3-1)15-9-14-11-7-4-8-13-12(11)15;1-9-5-12(15-14-9)7-10-3-2-4-11(6-10)8-13;;/h2-9,11-14,17H,15-16H2,1H3;1-5,7-9,14H;2-6H,7-8,13H2,1H3;;/q-3;-2;-1;;. The van der Waals surface area contributed by atoms with Gasteiger partial charge in [0.25, 0.3) is 0 Å². The van der Waals surface area contributed by atoms with Crippen molar-refractivity contribution >= 4 is 34.4 Å². The van der Waals surface area contributed by atoms with Gasteiger partial charge >= 0.3 is 0 Å². The fourth-order valence-electron chi connectivity index (χ4n) is 6.88. The molecule has 0 saturated carbocycles.